The van der Waals surface area contributed by atoms with Gasteiger partial charge in [0.05, 0.1) is 13.2 Å². The lowest BCUT2D eigenvalue weighted by atomic mass is 10.1. The first-order valence-corrected chi connectivity index (χ1v) is 12.3. The standard InChI is InChI=1S/C25H26N4O3S/c1-2-31-24(30)23-20(19-12-6-7-13-21(19)32-23)17-33-25-27-26-22(16-28-14-8-9-15-28)29(25)18-10-4-3-5-11-18/h3-7,10-13H,2,8-9,14-17H2,1H3. The molecule has 0 atom stereocenters. The van der Waals surface area contributed by atoms with Crippen LogP contribution in [0.4, 0.5) is 0 Å². The molecule has 0 spiro atoms. The number of nitrogens with zero attached hydrogens (tertiary/aromatic N) is 4. The Morgan fingerprint density at radius 3 is 2.61 bits per heavy atom. The van der Waals surface area contributed by atoms with Crippen molar-refractivity contribution in [1.29, 1.82) is 0 Å². The van der Waals surface area contributed by atoms with Crippen molar-refractivity contribution in [2.24, 2.45) is 0 Å². The van der Waals surface area contributed by atoms with Gasteiger partial charge in [-0.25, -0.2) is 4.79 Å². The summed E-state index contributed by atoms with van der Waals surface area (Å²) in [6.07, 6.45) is 2.45. The van der Waals surface area contributed by atoms with Crippen LogP contribution in [-0.4, -0.2) is 45.3 Å². The van der Waals surface area contributed by atoms with Gasteiger partial charge >= 0.3 is 5.97 Å². The van der Waals surface area contributed by atoms with Gasteiger partial charge in [-0.1, -0.05) is 48.2 Å². The van der Waals surface area contributed by atoms with Crippen LogP contribution in [0.3, 0.4) is 0 Å². The summed E-state index contributed by atoms with van der Waals surface area (Å²) in [6, 6.07) is 17.9. The summed E-state index contributed by atoms with van der Waals surface area (Å²) in [6.45, 7) is 5.04. The van der Waals surface area contributed by atoms with Crippen LogP contribution >= 0.6 is 11.8 Å². The number of hydrogen-bond donors (Lipinski definition) is 0. The number of hydrogen-bond acceptors (Lipinski definition) is 7. The van der Waals surface area contributed by atoms with Crippen LogP contribution in [0.5, 0.6) is 0 Å². The molecule has 0 saturated carbocycles. The molecule has 0 bridgehead atoms. The van der Waals surface area contributed by atoms with E-state index >= 15 is 0 Å². The molecule has 0 aliphatic carbocycles. The van der Waals surface area contributed by atoms with E-state index in [4.69, 9.17) is 9.15 Å². The number of rotatable bonds is 8. The number of likely N-dealkylation sites (tertiary alicyclic amines) is 1. The van der Waals surface area contributed by atoms with Gasteiger partial charge in [0.2, 0.25) is 5.76 Å². The summed E-state index contributed by atoms with van der Waals surface area (Å²) in [5, 5.41) is 10.8. The number of furan rings is 1. The fourth-order valence-corrected chi connectivity index (χ4v) is 5.21. The number of aromatic nitrogens is 3. The highest BCUT2D eigenvalue weighted by atomic mass is 32.2. The molecule has 0 radical (unpaired) electrons. The van der Waals surface area contributed by atoms with Gasteiger partial charge in [0.1, 0.15) is 5.58 Å². The van der Waals surface area contributed by atoms with Crippen LogP contribution in [-0.2, 0) is 17.0 Å². The lowest BCUT2D eigenvalue weighted by Crippen LogP contribution is -2.21. The van der Waals surface area contributed by atoms with Gasteiger partial charge in [0, 0.05) is 22.4 Å². The number of carbonyl (C=O) groups excluding carboxylic acids is 1. The topological polar surface area (TPSA) is 73.4 Å². The van der Waals surface area contributed by atoms with Crippen molar-refractivity contribution in [3.63, 3.8) is 0 Å². The molecule has 7 nitrogen and oxygen atoms in total. The van der Waals surface area contributed by atoms with E-state index in [1.54, 1.807) is 18.7 Å². The van der Waals surface area contributed by atoms with Crippen molar-refractivity contribution >= 4 is 28.7 Å². The van der Waals surface area contributed by atoms with E-state index in [0.717, 1.165) is 47.3 Å². The molecule has 1 aliphatic rings. The molecule has 5 rings (SSSR count). The number of ether oxygens (including phenoxy) is 1. The Labute approximate surface area is 196 Å². The molecule has 170 valence electrons. The summed E-state index contributed by atoms with van der Waals surface area (Å²) in [5.74, 6) is 1.25. The molecule has 0 N–H and O–H groups in total. The fourth-order valence-electron chi connectivity index (χ4n) is 4.21. The van der Waals surface area contributed by atoms with Crippen molar-refractivity contribution in [3.8, 4) is 5.69 Å². The number of fused-ring (bicyclic) bond motifs is 1. The maximum Gasteiger partial charge on any atom is 0.374 e. The summed E-state index contributed by atoms with van der Waals surface area (Å²) >= 11 is 1.55. The zero-order valence-electron chi connectivity index (χ0n) is 18.6. The van der Waals surface area contributed by atoms with Gasteiger partial charge in [-0.15, -0.1) is 10.2 Å². The lowest BCUT2D eigenvalue weighted by Gasteiger charge is -2.16. The Balaban J connectivity index is 1.48. The van der Waals surface area contributed by atoms with Gasteiger partial charge < -0.3 is 9.15 Å². The van der Waals surface area contributed by atoms with E-state index in [2.05, 4.69) is 31.8 Å². The number of esters is 1. The van der Waals surface area contributed by atoms with Crippen molar-refractivity contribution in [2.45, 2.75) is 37.2 Å². The summed E-state index contributed by atoms with van der Waals surface area (Å²) in [4.78, 5) is 15.0. The molecule has 2 aromatic heterocycles. The molecule has 3 heterocycles. The Morgan fingerprint density at radius 1 is 1.06 bits per heavy atom. The van der Waals surface area contributed by atoms with Gasteiger partial charge in [-0.05, 0) is 51.1 Å². The Kier molecular flexibility index (Phi) is 6.46. The zero-order valence-corrected chi connectivity index (χ0v) is 19.4. The molecule has 33 heavy (non-hydrogen) atoms. The average Bonchev–Trinajstić information content (AvgIpc) is 3.58. The highest BCUT2D eigenvalue weighted by Gasteiger charge is 2.24. The van der Waals surface area contributed by atoms with Gasteiger partial charge in [-0.3, -0.25) is 9.47 Å². The predicted molar refractivity (Wildman–Crippen MR) is 128 cm³/mol. The van der Waals surface area contributed by atoms with E-state index in [-0.39, 0.29) is 5.76 Å². The van der Waals surface area contributed by atoms with E-state index in [1.165, 1.54) is 12.8 Å². The molecule has 0 unspecified atom stereocenters. The first-order valence-electron chi connectivity index (χ1n) is 11.3. The first-order chi connectivity index (χ1) is 16.2. The molecule has 8 heteroatoms. The normalized spacial score (nSPS) is 14.2. The lowest BCUT2D eigenvalue weighted by molar-refractivity contribution is 0.0491. The van der Waals surface area contributed by atoms with Crippen LogP contribution < -0.4 is 0 Å². The molecule has 0 amide bonds. The van der Waals surface area contributed by atoms with Crippen molar-refractivity contribution in [2.75, 3.05) is 19.7 Å². The smallest absolute Gasteiger partial charge is 0.374 e. The Bertz CT molecular complexity index is 1250. The molecular weight excluding hydrogens is 436 g/mol. The zero-order chi connectivity index (χ0) is 22.6. The largest absolute Gasteiger partial charge is 0.460 e. The van der Waals surface area contributed by atoms with Crippen LogP contribution in [0.1, 0.15) is 41.7 Å². The van der Waals surface area contributed by atoms with Gasteiger partial charge in [-0.2, -0.15) is 0 Å². The third-order valence-electron chi connectivity index (χ3n) is 5.78. The minimum absolute atomic E-state index is 0.258. The summed E-state index contributed by atoms with van der Waals surface area (Å²) in [5.41, 5.74) is 2.52. The van der Waals surface area contributed by atoms with Crippen LogP contribution in [0.2, 0.25) is 0 Å². The molecule has 1 fully saturated rings. The number of carbonyl (C=O) groups is 1. The minimum atomic E-state index is -0.441. The second-order valence-corrected chi connectivity index (χ2v) is 8.91. The molecule has 2 aromatic carbocycles. The molecular formula is C25H26N4O3S. The SMILES string of the molecule is CCOC(=O)c1oc2ccccc2c1CSc1nnc(CN2CCCC2)n1-c1ccccc1. The predicted octanol–water partition coefficient (Wildman–Crippen LogP) is 5.08. The van der Waals surface area contributed by atoms with Crippen molar-refractivity contribution in [1.82, 2.24) is 19.7 Å². The van der Waals surface area contributed by atoms with Crippen molar-refractivity contribution < 1.29 is 13.9 Å². The third-order valence-corrected chi connectivity index (χ3v) is 6.74. The van der Waals surface area contributed by atoms with Crippen molar-refractivity contribution in [3.05, 3.63) is 71.7 Å². The average molecular weight is 463 g/mol. The van der Waals surface area contributed by atoms with E-state index < -0.39 is 5.97 Å². The fraction of sp³-hybridized carbons (Fsp3) is 0.320. The summed E-state index contributed by atoms with van der Waals surface area (Å²) in [7, 11) is 0. The van der Waals surface area contributed by atoms with E-state index in [9.17, 15) is 4.79 Å². The quantitative estimate of drug-likeness (QED) is 0.267. The maximum atomic E-state index is 12.6. The molecule has 4 aromatic rings. The molecule has 1 aliphatic heterocycles. The number of thioether (sulfide) groups is 1. The number of benzene rings is 2. The number of para-hydroxylation sites is 2. The van der Waals surface area contributed by atoms with Crippen LogP contribution in [0.25, 0.3) is 16.7 Å². The second kappa shape index (κ2) is 9.80. The first kappa shape index (κ1) is 21.7. The van der Waals surface area contributed by atoms with Gasteiger partial charge in [0.15, 0.2) is 11.0 Å². The maximum absolute atomic E-state index is 12.6. The summed E-state index contributed by atoms with van der Waals surface area (Å²) < 4.78 is 13.2. The molecule has 1 saturated heterocycles. The van der Waals surface area contributed by atoms with E-state index in [0.29, 0.717) is 17.9 Å². The third kappa shape index (κ3) is 4.54. The minimum Gasteiger partial charge on any atom is -0.460 e. The Morgan fingerprint density at radius 2 is 1.82 bits per heavy atom. The highest BCUT2D eigenvalue weighted by Crippen LogP contribution is 2.33. The van der Waals surface area contributed by atoms with Crippen LogP contribution in [0.15, 0.2) is 64.2 Å². The van der Waals surface area contributed by atoms with Gasteiger partial charge in [0.25, 0.3) is 0 Å². The second-order valence-electron chi connectivity index (χ2n) is 7.97. The monoisotopic (exact) mass is 462 g/mol. The highest BCUT2D eigenvalue weighted by molar-refractivity contribution is 7.98. The van der Waals surface area contributed by atoms with Crippen LogP contribution in [0, 0.1) is 0 Å². The Hall–Kier alpha value is -3.10. The van der Waals surface area contributed by atoms with E-state index in [1.807, 2.05) is 42.5 Å².